The van der Waals surface area contributed by atoms with E-state index in [2.05, 4.69) is 246 Å². The lowest BCUT2D eigenvalue weighted by Gasteiger charge is -2.16. The average Bonchev–Trinajstić information content (AvgIpc) is 1.57. The normalized spacial score (nSPS) is 11.5. The Morgan fingerprint density at radius 2 is 0.456 bits per heavy atom. The molecule has 0 saturated heterocycles. The fourth-order valence-electron chi connectivity index (χ4n) is 18.7. The first-order chi connectivity index (χ1) is 67.4. The third-order valence-corrected chi connectivity index (χ3v) is 26.2. The lowest BCUT2D eigenvalue weighted by atomic mass is 9.99. The van der Waals surface area contributed by atoms with E-state index in [-0.39, 0.29) is 0 Å². The highest BCUT2D eigenvalue weighted by Crippen LogP contribution is 2.48. The highest BCUT2D eigenvalue weighted by Gasteiger charge is 2.28. The van der Waals surface area contributed by atoms with Crippen LogP contribution in [0, 0.1) is 0 Å². The molecule has 136 heavy (non-hydrogen) atoms. The summed E-state index contributed by atoms with van der Waals surface area (Å²) in [6, 6.07) is 154. The Morgan fingerprint density at radius 3 is 0.890 bits per heavy atom. The molecule has 15 nitrogen and oxygen atoms in total. The van der Waals surface area contributed by atoms with Gasteiger partial charge in [0.15, 0.2) is 69.9 Å². The molecule has 636 valence electrons. The fraction of sp³-hybridized carbons (Fsp3) is 0. The van der Waals surface area contributed by atoms with Crippen LogP contribution >= 0.6 is 11.3 Å². The van der Waals surface area contributed by atoms with Gasteiger partial charge < -0.3 is 13.6 Å². The summed E-state index contributed by atoms with van der Waals surface area (Å²) in [4.78, 5) is 62.7. The van der Waals surface area contributed by atoms with Gasteiger partial charge in [-0.3, -0.25) is 0 Å². The molecule has 0 aliphatic carbocycles. The Balaban J connectivity index is 0.000000145. The van der Waals surface area contributed by atoms with E-state index in [0.29, 0.717) is 69.9 Å². The Labute approximate surface area is 784 Å². The molecule has 0 spiro atoms. The van der Waals surface area contributed by atoms with Crippen molar-refractivity contribution < 1.29 is 4.42 Å². The highest BCUT2D eigenvalue weighted by atomic mass is 32.1. The van der Waals surface area contributed by atoms with Crippen LogP contribution in [0.5, 0.6) is 0 Å². The Hall–Kier alpha value is -18.4. The molecule has 26 rings (SSSR count). The van der Waals surface area contributed by atoms with Crippen LogP contribution in [-0.2, 0) is 0 Å². The summed E-state index contributed by atoms with van der Waals surface area (Å²) in [5.41, 5.74) is 22.3. The first-order valence-corrected chi connectivity index (χ1v) is 45.9. The van der Waals surface area contributed by atoms with Gasteiger partial charge in [0.1, 0.15) is 11.2 Å². The maximum atomic E-state index is 6.45. The first-order valence-electron chi connectivity index (χ1n) is 45.1. The van der Waals surface area contributed by atoms with Crippen molar-refractivity contribution in [2.24, 2.45) is 0 Å². The molecule has 0 aliphatic heterocycles. The fourth-order valence-corrected chi connectivity index (χ4v) is 19.8. The molecule has 8 aromatic heterocycles. The quantitative estimate of drug-likeness (QED) is 0.0893. The average molecular weight is 1760 g/mol. The molecule has 0 radical (unpaired) electrons. The molecule has 0 aliphatic rings. The van der Waals surface area contributed by atoms with E-state index in [4.69, 9.17) is 64.2 Å². The topological polar surface area (TPSA) is 178 Å². The Kier molecular flexibility index (Phi) is 20.0. The molecular formula is C120H74N14OS. The summed E-state index contributed by atoms with van der Waals surface area (Å²) < 4.78 is 13.7. The lowest BCUT2D eigenvalue weighted by molar-refractivity contribution is 0.669. The van der Waals surface area contributed by atoms with Crippen molar-refractivity contribution >= 4 is 97.1 Å². The number of para-hydroxylation sites is 3. The predicted molar refractivity (Wildman–Crippen MR) is 551 cm³/mol. The van der Waals surface area contributed by atoms with E-state index in [1.165, 1.54) is 30.9 Å². The van der Waals surface area contributed by atoms with Crippen LogP contribution in [-0.4, -0.2) is 68.9 Å². The first kappa shape index (κ1) is 79.8. The molecular weight excluding hydrogens is 1690 g/mol. The number of thiophene rings is 1. The van der Waals surface area contributed by atoms with Crippen molar-refractivity contribution in [3.8, 4) is 170 Å². The van der Waals surface area contributed by atoms with E-state index in [9.17, 15) is 0 Å². The number of nitrogens with zero attached hydrogens (tertiary/aromatic N) is 14. The summed E-state index contributed by atoms with van der Waals surface area (Å²) in [6.07, 6.45) is 0. The second-order valence-corrected chi connectivity index (χ2v) is 34.4. The lowest BCUT2D eigenvalue weighted by Crippen LogP contribution is -2.05. The number of benzene rings is 18. The molecule has 16 heteroatoms. The second-order valence-electron chi connectivity index (χ2n) is 33.3. The van der Waals surface area contributed by atoms with Gasteiger partial charge in [-0.2, -0.15) is 0 Å². The van der Waals surface area contributed by atoms with E-state index in [0.717, 1.165) is 155 Å². The third-order valence-electron chi connectivity index (χ3n) is 25.1. The molecule has 0 amide bonds. The molecule has 0 unspecified atom stereocenters. The SMILES string of the molecule is c1ccc(-c2ccc(-c3nc(-c4ccccc4)nc(-c4ccc(-n5c6ccccc6c6c7c(ccc65)oc5ccccc57)c(-c5nc(-c6ccccc6)nc(-c6ccccc6)n5)c4)n3)cc2)cc1.c1ccc(-c2nc(-c3ccc(-n4c5ccccc5c5c6c(ccc54)sc4ccccc46)c(-c4nc(-c5ccccc5)nc(-c5ccccc5)n4)c3)nc(-c3ccccc3-c3ccccc3)n2)cc1. The number of aromatic nitrogens is 14. The molecule has 18 aromatic carbocycles. The standard InChI is InChI=1S/C60H37N7O.C60H37N7S/c1-5-17-38(18-6-1)39-29-31-43(32-30-39)58-61-55(40-19-7-2-8-20-40)63-59(64-58)44-33-34-49(47(37-44)60-65-56(41-21-9-3-10-22-41)62-57(66-60)42-23-11-4-12-24-42)67-48-27-15-13-25-45(48)53-50(67)35-36-52-54(53)46-26-14-16-28-51(46)68-52;1-5-19-38(20-6-1)43-27-13-14-28-44(43)59-63-57(41-25-11-4-12-26-41)62-58(66-59)42-33-34-49(47(37-42)60-64-55(39-21-7-2-8-22-39)61-56(65-60)40-23-9-3-10-24-40)67-48-31-17-15-29-45(48)53-50(67)35-36-52-54(53)46-30-16-18-32-51(46)68-52/h2*1-37H. The van der Waals surface area contributed by atoms with Crippen molar-refractivity contribution in [1.29, 1.82) is 0 Å². The zero-order valence-electron chi connectivity index (χ0n) is 72.8. The van der Waals surface area contributed by atoms with Crippen molar-refractivity contribution in [3.63, 3.8) is 0 Å². The minimum Gasteiger partial charge on any atom is -0.456 e. The number of hydrogen-bond donors (Lipinski definition) is 0. The van der Waals surface area contributed by atoms with Gasteiger partial charge in [0.25, 0.3) is 0 Å². The monoisotopic (exact) mass is 1760 g/mol. The van der Waals surface area contributed by atoms with Crippen molar-refractivity contribution in [1.82, 2.24) is 68.9 Å². The molecule has 0 saturated carbocycles. The molecule has 8 heterocycles. The van der Waals surface area contributed by atoms with Gasteiger partial charge in [-0.25, -0.2) is 59.8 Å². The van der Waals surface area contributed by atoms with Gasteiger partial charge in [0.2, 0.25) is 0 Å². The largest absolute Gasteiger partial charge is 0.456 e. The van der Waals surface area contributed by atoms with Gasteiger partial charge in [-0.1, -0.05) is 364 Å². The van der Waals surface area contributed by atoms with Crippen molar-refractivity contribution in [3.05, 3.63) is 449 Å². The van der Waals surface area contributed by atoms with E-state index in [1.807, 2.05) is 224 Å². The number of rotatable bonds is 16. The minimum atomic E-state index is 0.504. The van der Waals surface area contributed by atoms with Gasteiger partial charge in [-0.15, -0.1) is 11.3 Å². The van der Waals surface area contributed by atoms with Gasteiger partial charge in [0.05, 0.1) is 33.4 Å². The van der Waals surface area contributed by atoms with Gasteiger partial charge in [0, 0.05) is 119 Å². The van der Waals surface area contributed by atoms with Crippen LogP contribution in [0.15, 0.2) is 453 Å². The van der Waals surface area contributed by atoms with Crippen molar-refractivity contribution in [2.45, 2.75) is 0 Å². The van der Waals surface area contributed by atoms with Crippen LogP contribution in [0.3, 0.4) is 0 Å². The number of furan rings is 1. The summed E-state index contributed by atoms with van der Waals surface area (Å²) in [6.45, 7) is 0. The number of hydrogen-bond acceptors (Lipinski definition) is 14. The molecule has 0 fully saturated rings. The van der Waals surface area contributed by atoms with E-state index < -0.39 is 0 Å². The summed E-state index contributed by atoms with van der Waals surface area (Å²) in [5, 5.41) is 9.25. The molecule has 0 atom stereocenters. The summed E-state index contributed by atoms with van der Waals surface area (Å²) in [5.74, 6) is 6.63. The zero-order chi connectivity index (χ0) is 89.9. The molecule has 0 bridgehead atoms. The summed E-state index contributed by atoms with van der Waals surface area (Å²) in [7, 11) is 0. The van der Waals surface area contributed by atoms with Crippen LogP contribution in [0.1, 0.15) is 0 Å². The summed E-state index contributed by atoms with van der Waals surface area (Å²) >= 11 is 1.83. The Morgan fingerprint density at radius 1 is 0.162 bits per heavy atom. The maximum Gasteiger partial charge on any atom is 0.166 e. The number of fused-ring (bicyclic) bond motifs is 14. The molecule has 26 aromatic rings. The van der Waals surface area contributed by atoms with Crippen LogP contribution < -0.4 is 0 Å². The zero-order valence-corrected chi connectivity index (χ0v) is 73.6. The van der Waals surface area contributed by atoms with Crippen molar-refractivity contribution in [2.75, 3.05) is 0 Å². The third kappa shape index (κ3) is 14.6. The van der Waals surface area contributed by atoms with Gasteiger partial charge >= 0.3 is 0 Å². The molecule has 0 N–H and O–H groups in total. The highest BCUT2D eigenvalue weighted by molar-refractivity contribution is 7.26. The second kappa shape index (κ2) is 34.2. The predicted octanol–water partition coefficient (Wildman–Crippen LogP) is 29.9. The van der Waals surface area contributed by atoms with E-state index in [1.54, 1.807) is 0 Å². The van der Waals surface area contributed by atoms with Crippen LogP contribution in [0.25, 0.3) is 256 Å². The van der Waals surface area contributed by atoms with Gasteiger partial charge in [-0.05, 0) is 107 Å². The Bertz CT molecular complexity index is 8960. The maximum absolute atomic E-state index is 6.45. The smallest absolute Gasteiger partial charge is 0.166 e. The minimum absolute atomic E-state index is 0.504. The van der Waals surface area contributed by atoms with Crippen LogP contribution in [0.4, 0.5) is 0 Å². The van der Waals surface area contributed by atoms with E-state index >= 15 is 0 Å². The van der Waals surface area contributed by atoms with Crippen LogP contribution in [0.2, 0.25) is 0 Å².